The first-order valence-corrected chi connectivity index (χ1v) is 12.5. The second kappa shape index (κ2) is 10.8. The van der Waals surface area contributed by atoms with Crippen molar-refractivity contribution in [1.82, 2.24) is 14.8 Å². The number of anilines is 1. The Bertz CT molecular complexity index is 1280. The van der Waals surface area contributed by atoms with Gasteiger partial charge in [0.05, 0.1) is 5.75 Å². The molecule has 1 amide bonds. The van der Waals surface area contributed by atoms with Gasteiger partial charge in [-0.25, -0.2) is 0 Å². The Balaban J connectivity index is 1.55. The summed E-state index contributed by atoms with van der Waals surface area (Å²) in [6.07, 6.45) is 0. The highest BCUT2D eigenvalue weighted by atomic mass is 32.2. The van der Waals surface area contributed by atoms with E-state index in [1.807, 2.05) is 66.1 Å². The molecular weight excluding hydrogens is 456 g/mol. The molecule has 4 rings (SSSR count). The van der Waals surface area contributed by atoms with Gasteiger partial charge in [0, 0.05) is 11.4 Å². The summed E-state index contributed by atoms with van der Waals surface area (Å²) in [5.74, 6) is 1.54. The van der Waals surface area contributed by atoms with Crippen molar-refractivity contribution < 1.29 is 9.53 Å². The second-order valence-electron chi connectivity index (χ2n) is 9.34. The minimum atomic E-state index is -0.0969. The molecule has 1 N–H and O–H groups in total. The Kier molecular flexibility index (Phi) is 7.56. The summed E-state index contributed by atoms with van der Waals surface area (Å²) in [7, 11) is 0. The molecule has 0 fully saturated rings. The highest BCUT2D eigenvalue weighted by molar-refractivity contribution is 7.99. The Morgan fingerprint density at radius 1 is 0.971 bits per heavy atom. The van der Waals surface area contributed by atoms with E-state index in [0.717, 1.165) is 22.7 Å². The van der Waals surface area contributed by atoms with E-state index in [4.69, 9.17) is 4.74 Å². The number of para-hydroxylation sites is 1. The highest BCUT2D eigenvalue weighted by Gasteiger charge is 2.18. The van der Waals surface area contributed by atoms with Crippen molar-refractivity contribution in [3.63, 3.8) is 0 Å². The number of benzene rings is 3. The molecule has 4 aromatic rings. The molecule has 180 valence electrons. The van der Waals surface area contributed by atoms with E-state index >= 15 is 0 Å². The highest BCUT2D eigenvalue weighted by Crippen LogP contribution is 2.27. The number of nitrogens with zero attached hydrogens (tertiary/aromatic N) is 3. The van der Waals surface area contributed by atoms with Crippen molar-refractivity contribution in [2.45, 2.75) is 44.9 Å². The number of rotatable bonds is 8. The molecule has 0 saturated heterocycles. The molecule has 7 heteroatoms. The fourth-order valence-corrected chi connectivity index (χ4v) is 4.34. The molecule has 35 heavy (non-hydrogen) atoms. The molecule has 0 aliphatic carbocycles. The lowest BCUT2D eigenvalue weighted by Gasteiger charge is -2.19. The number of amides is 1. The van der Waals surface area contributed by atoms with Crippen LogP contribution >= 0.6 is 11.8 Å². The SMILES string of the molecule is Cc1cccc(NC(=O)CSc2nnc(COc3ccccc3)n2-c2ccc(C(C)(C)C)cc2)c1. The molecule has 0 aliphatic heterocycles. The molecule has 0 bridgehead atoms. The van der Waals surface area contributed by atoms with E-state index in [0.29, 0.717) is 11.0 Å². The van der Waals surface area contributed by atoms with Crippen molar-refractivity contribution in [1.29, 1.82) is 0 Å². The van der Waals surface area contributed by atoms with Crippen molar-refractivity contribution in [3.05, 3.63) is 95.8 Å². The van der Waals surface area contributed by atoms with Crippen molar-refractivity contribution in [2.75, 3.05) is 11.1 Å². The summed E-state index contributed by atoms with van der Waals surface area (Å²) in [6, 6.07) is 25.7. The van der Waals surface area contributed by atoms with Crippen LogP contribution in [0.3, 0.4) is 0 Å². The lowest BCUT2D eigenvalue weighted by molar-refractivity contribution is -0.113. The number of aryl methyl sites for hydroxylation is 1. The first-order valence-electron chi connectivity index (χ1n) is 11.5. The largest absolute Gasteiger partial charge is 0.486 e. The van der Waals surface area contributed by atoms with Crippen LogP contribution in [0.5, 0.6) is 5.75 Å². The number of thioether (sulfide) groups is 1. The summed E-state index contributed by atoms with van der Waals surface area (Å²) < 4.78 is 7.91. The van der Waals surface area contributed by atoms with Gasteiger partial charge in [0.1, 0.15) is 12.4 Å². The third kappa shape index (κ3) is 6.51. The molecule has 0 unspecified atom stereocenters. The number of hydrogen-bond donors (Lipinski definition) is 1. The van der Waals surface area contributed by atoms with Crippen LogP contribution in [-0.2, 0) is 16.8 Å². The summed E-state index contributed by atoms with van der Waals surface area (Å²) in [4.78, 5) is 12.6. The molecule has 3 aromatic carbocycles. The Hall–Kier alpha value is -3.58. The van der Waals surface area contributed by atoms with E-state index in [1.165, 1.54) is 17.3 Å². The average Bonchev–Trinajstić information content (AvgIpc) is 3.24. The van der Waals surface area contributed by atoms with Crippen molar-refractivity contribution >= 4 is 23.4 Å². The fourth-order valence-electron chi connectivity index (χ4n) is 3.57. The molecule has 0 atom stereocenters. The molecule has 1 aromatic heterocycles. The van der Waals surface area contributed by atoms with Crippen LogP contribution in [0, 0.1) is 6.92 Å². The van der Waals surface area contributed by atoms with E-state index in [2.05, 4.69) is 60.6 Å². The maximum Gasteiger partial charge on any atom is 0.234 e. The van der Waals surface area contributed by atoms with E-state index < -0.39 is 0 Å². The Morgan fingerprint density at radius 3 is 2.40 bits per heavy atom. The lowest BCUT2D eigenvalue weighted by atomic mass is 9.87. The van der Waals surface area contributed by atoms with Crippen LogP contribution in [0.4, 0.5) is 5.69 Å². The molecule has 1 heterocycles. The predicted molar refractivity (Wildman–Crippen MR) is 141 cm³/mol. The Morgan fingerprint density at radius 2 is 1.71 bits per heavy atom. The summed E-state index contributed by atoms with van der Waals surface area (Å²) in [6.45, 7) is 8.82. The van der Waals surface area contributed by atoms with Crippen LogP contribution in [0.15, 0.2) is 84.0 Å². The summed E-state index contributed by atoms with van der Waals surface area (Å²) >= 11 is 1.35. The standard InChI is InChI=1S/C28H30N4O2S/c1-20-9-8-10-22(17-20)29-26(33)19-35-27-31-30-25(18-34-24-11-6-5-7-12-24)32(27)23-15-13-21(14-16-23)28(2,3)4/h5-17H,18-19H2,1-4H3,(H,29,33). The number of aromatic nitrogens is 3. The topological polar surface area (TPSA) is 69.0 Å². The minimum absolute atomic E-state index is 0.0520. The van der Waals surface area contributed by atoms with Gasteiger partial charge < -0.3 is 10.1 Å². The second-order valence-corrected chi connectivity index (χ2v) is 10.3. The smallest absolute Gasteiger partial charge is 0.234 e. The monoisotopic (exact) mass is 486 g/mol. The van der Waals surface area contributed by atoms with Crippen LogP contribution < -0.4 is 10.1 Å². The maximum atomic E-state index is 12.6. The van der Waals surface area contributed by atoms with Crippen LogP contribution in [0.1, 0.15) is 37.7 Å². The van der Waals surface area contributed by atoms with E-state index in [-0.39, 0.29) is 23.7 Å². The van der Waals surface area contributed by atoms with Crippen LogP contribution in [-0.4, -0.2) is 26.4 Å². The van der Waals surface area contributed by atoms with Crippen molar-refractivity contribution in [2.24, 2.45) is 0 Å². The maximum absolute atomic E-state index is 12.6. The van der Waals surface area contributed by atoms with Gasteiger partial charge in [-0.3, -0.25) is 9.36 Å². The van der Waals surface area contributed by atoms with E-state index in [1.54, 1.807) is 0 Å². The zero-order valence-electron chi connectivity index (χ0n) is 20.5. The Labute approximate surface area is 210 Å². The minimum Gasteiger partial charge on any atom is -0.486 e. The summed E-state index contributed by atoms with van der Waals surface area (Å²) in [5.41, 5.74) is 4.10. The zero-order chi connectivity index (χ0) is 24.8. The van der Waals surface area contributed by atoms with Crippen LogP contribution in [0.25, 0.3) is 5.69 Å². The predicted octanol–water partition coefficient (Wildman–Crippen LogP) is 6.18. The summed E-state index contributed by atoms with van der Waals surface area (Å²) in [5, 5.41) is 12.4. The number of ether oxygens (including phenoxy) is 1. The molecule has 0 saturated carbocycles. The van der Waals surface area contributed by atoms with Gasteiger partial charge in [-0.1, -0.05) is 75.0 Å². The third-order valence-electron chi connectivity index (χ3n) is 5.44. The number of carbonyl (C=O) groups is 1. The van der Waals surface area contributed by atoms with Crippen molar-refractivity contribution in [3.8, 4) is 11.4 Å². The quantitative estimate of drug-likeness (QED) is 0.301. The molecule has 0 spiro atoms. The molecular formula is C28H30N4O2S. The van der Waals surface area contributed by atoms with Gasteiger partial charge >= 0.3 is 0 Å². The van der Waals surface area contributed by atoms with Gasteiger partial charge in [-0.05, 0) is 59.9 Å². The molecule has 0 radical (unpaired) electrons. The number of hydrogen-bond acceptors (Lipinski definition) is 5. The van der Waals surface area contributed by atoms with Gasteiger partial charge in [-0.2, -0.15) is 0 Å². The third-order valence-corrected chi connectivity index (χ3v) is 6.37. The average molecular weight is 487 g/mol. The zero-order valence-corrected chi connectivity index (χ0v) is 21.3. The first-order chi connectivity index (χ1) is 16.8. The molecule has 6 nitrogen and oxygen atoms in total. The van der Waals surface area contributed by atoms with Gasteiger partial charge in [0.2, 0.25) is 5.91 Å². The first kappa shape index (κ1) is 24.5. The van der Waals surface area contributed by atoms with E-state index in [9.17, 15) is 4.79 Å². The molecule has 0 aliphatic rings. The van der Waals surface area contributed by atoms with Gasteiger partial charge in [0.25, 0.3) is 0 Å². The van der Waals surface area contributed by atoms with Gasteiger partial charge in [-0.15, -0.1) is 10.2 Å². The normalized spacial score (nSPS) is 11.3. The number of nitrogens with one attached hydrogen (secondary N) is 1. The number of carbonyl (C=O) groups excluding carboxylic acids is 1. The van der Waals surface area contributed by atoms with Crippen LogP contribution in [0.2, 0.25) is 0 Å². The fraction of sp³-hybridized carbons (Fsp3) is 0.250. The lowest BCUT2D eigenvalue weighted by Crippen LogP contribution is -2.15. The van der Waals surface area contributed by atoms with Gasteiger partial charge in [0.15, 0.2) is 11.0 Å².